The number of nitrogens with zero attached hydrogens (tertiary/aromatic N) is 1. The van der Waals surface area contributed by atoms with Crippen molar-refractivity contribution in [2.24, 2.45) is 0 Å². The molecule has 3 amide bonds. The van der Waals surface area contributed by atoms with Crippen LogP contribution in [0.1, 0.15) is 57.0 Å². The fraction of sp³-hybridized carbons (Fsp3) is 0.281. The van der Waals surface area contributed by atoms with Gasteiger partial charge in [-0.1, -0.05) is 17.7 Å². The molecule has 0 fully saturated rings. The second-order valence-electron chi connectivity index (χ2n) is 10.4. The summed E-state index contributed by atoms with van der Waals surface area (Å²) in [4.78, 5) is 40.6. The van der Waals surface area contributed by atoms with Gasteiger partial charge in [0.25, 0.3) is 17.7 Å². The number of fused-ring (bicyclic) bond motifs is 2. The zero-order chi connectivity index (χ0) is 30.1. The van der Waals surface area contributed by atoms with E-state index >= 15 is 0 Å². The van der Waals surface area contributed by atoms with E-state index in [0.29, 0.717) is 59.3 Å². The molecule has 3 aliphatic rings. The van der Waals surface area contributed by atoms with E-state index in [2.05, 4.69) is 5.32 Å². The smallest absolute Gasteiger partial charge is 0.290 e. The number of amides is 3. The molecular formula is C32H29ClN2O8. The van der Waals surface area contributed by atoms with Crippen LogP contribution in [0.3, 0.4) is 0 Å². The van der Waals surface area contributed by atoms with Crippen molar-refractivity contribution >= 4 is 40.7 Å². The van der Waals surface area contributed by atoms with Gasteiger partial charge in [-0.15, -0.1) is 0 Å². The van der Waals surface area contributed by atoms with Crippen molar-refractivity contribution in [1.82, 2.24) is 0 Å². The van der Waals surface area contributed by atoms with Crippen LogP contribution in [-0.2, 0) is 14.3 Å². The maximum atomic E-state index is 13.4. The summed E-state index contributed by atoms with van der Waals surface area (Å²) in [6.45, 7) is 2.36. The second-order valence-corrected chi connectivity index (χ2v) is 10.9. The number of rotatable bonds is 9. The highest BCUT2D eigenvalue weighted by molar-refractivity contribution is 6.37. The summed E-state index contributed by atoms with van der Waals surface area (Å²) in [5.41, 5.74) is 2.94. The van der Waals surface area contributed by atoms with E-state index in [-0.39, 0.29) is 36.2 Å². The third-order valence-corrected chi connectivity index (χ3v) is 7.74. The highest BCUT2D eigenvalue weighted by Crippen LogP contribution is 2.39. The zero-order valence-corrected chi connectivity index (χ0v) is 24.1. The third-order valence-electron chi connectivity index (χ3n) is 7.51. The molecule has 2 N–H and O–H groups in total. The molecule has 0 unspecified atom stereocenters. The van der Waals surface area contributed by atoms with Crippen LogP contribution >= 0.6 is 11.6 Å². The van der Waals surface area contributed by atoms with Gasteiger partial charge < -0.3 is 29.4 Å². The molecule has 3 aromatic rings. The number of carbonyl (C=O) groups is 3. The van der Waals surface area contributed by atoms with Gasteiger partial charge in [0.05, 0.1) is 23.4 Å². The number of nitrogens with one attached hydrogen (secondary N) is 1. The minimum absolute atomic E-state index is 0.0713. The summed E-state index contributed by atoms with van der Waals surface area (Å²) < 4.78 is 22.8. The Labute approximate surface area is 252 Å². The lowest BCUT2D eigenvalue weighted by molar-refractivity contribution is -0.143. The van der Waals surface area contributed by atoms with Gasteiger partial charge in [0.15, 0.2) is 17.3 Å². The first-order valence-corrected chi connectivity index (χ1v) is 14.3. The van der Waals surface area contributed by atoms with Gasteiger partial charge in [-0.3, -0.25) is 14.4 Å². The maximum absolute atomic E-state index is 13.4. The number of aryl methyl sites for hydroxylation is 1. The van der Waals surface area contributed by atoms with E-state index in [1.807, 2.05) is 18.2 Å². The molecule has 0 aromatic heterocycles. The molecule has 3 heterocycles. The molecule has 3 aliphatic heterocycles. The Hall–Kier alpha value is -4.38. The highest BCUT2D eigenvalue weighted by atomic mass is 35.5. The summed E-state index contributed by atoms with van der Waals surface area (Å²) in [5.74, 6) is -0.159. The number of allylic oxidation sites excluding steroid dienone is 1. The van der Waals surface area contributed by atoms with Gasteiger partial charge in [-0.2, -0.15) is 0 Å². The molecule has 0 saturated carbocycles. The lowest BCUT2D eigenvalue weighted by Crippen LogP contribution is -2.30. The fourth-order valence-electron chi connectivity index (χ4n) is 5.33. The van der Waals surface area contributed by atoms with Gasteiger partial charge in [0.2, 0.25) is 13.1 Å². The van der Waals surface area contributed by atoms with Crippen molar-refractivity contribution in [3.8, 4) is 11.5 Å². The van der Waals surface area contributed by atoms with Crippen LogP contribution in [0.5, 0.6) is 11.5 Å². The number of hydrogen-bond acceptors (Lipinski definition) is 8. The molecule has 6 rings (SSSR count). The molecule has 10 nitrogen and oxygen atoms in total. The number of imide groups is 1. The molecular weight excluding hydrogens is 576 g/mol. The first-order chi connectivity index (χ1) is 20.8. The van der Waals surface area contributed by atoms with Crippen LogP contribution in [0.15, 0.2) is 66.4 Å². The number of anilines is 2. The minimum Gasteiger partial charge on any atom is -0.459 e. The molecule has 0 bridgehead atoms. The number of hydrogen-bond donors (Lipinski definition) is 2. The van der Waals surface area contributed by atoms with Gasteiger partial charge in [0.1, 0.15) is 0 Å². The van der Waals surface area contributed by atoms with Gasteiger partial charge >= 0.3 is 0 Å². The van der Waals surface area contributed by atoms with E-state index < -0.39 is 24.0 Å². The van der Waals surface area contributed by atoms with Gasteiger partial charge in [-0.25, -0.2) is 4.90 Å². The Morgan fingerprint density at radius 3 is 2.65 bits per heavy atom. The summed E-state index contributed by atoms with van der Waals surface area (Å²) in [6.07, 6.45) is 2.82. The van der Waals surface area contributed by atoms with Gasteiger partial charge in [-0.05, 0) is 85.5 Å². The molecule has 43 heavy (non-hydrogen) atoms. The molecule has 2 atom stereocenters. The van der Waals surface area contributed by atoms with Crippen LogP contribution in [0.2, 0.25) is 5.02 Å². The lowest BCUT2D eigenvalue weighted by Gasteiger charge is -2.29. The highest BCUT2D eigenvalue weighted by Gasteiger charge is 2.37. The lowest BCUT2D eigenvalue weighted by atomic mass is 9.92. The van der Waals surface area contributed by atoms with Crippen molar-refractivity contribution in [2.75, 3.05) is 30.2 Å². The predicted octanol–water partition coefficient (Wildman–Crippen LogP) is 5.32. The molecule has 3 aromatic carbocycles. The third kappa shape index (κ3) is 5.81. The monoisotopic (exact) mass is 604 g/mol. The molecule has 0 aliphatic carbocycles. The van der Waals surface area contributed by atoms with Crippen LogP contribution < -0.4 is 19.7 Å². The van der Waals surface area contributed by atoms with E-state index in [9.17, 15) is 14.4 Å². The maximum Gasteiger partial charge on any atom is 0.290 e. The van der Waals surface area contributed by atoms with Crippen LogP contribution in [0.25, 0.3) is 0 Å². The predicted molar refractivity (Wildman–Crippen MR) is 158 cm³/mol. The van der Waals surface area contributed by atoms with Gasteiger partial charge in [0, 0.05) is 29.7 Å². The first-order valence-electron chi connectivity index (χ1n) is 13.9. The molecule has 222 valence electrons. The number of benzene rings is 3. The number of halogens is 1. The van der Waals surface area contributed by atoms with Crippen molar-refractivity contribution < 1.29 is 38.4 Å². The molecule has 11 heteroatoms. The first kappa shape index (κ1) is 28.7. The Bertz CT molecular complexity index is 1640. The largest absolute Gasteiger partial charge is 0.459 e. The Kier molecular flexibility index (Phi) is 8.07. The number of aliphatic hydroxyl groups is 1. The quantitative estimate of drug-likeness (QED) is 0.248. The number of ether oxygens (including phenoxy) is 4. The van der Waals surface area contributed by atoms with Crippen LogP contribution in [0.4, 0.5) is 11.4 Å². The standard InChI is InChI=1S/C32H29ClN2O8/c1-18-12-22(6-8-25(18)35-31(38)23-7-5-21(33)16-24(23)32(35)39)34-30(37)28-14-20(15-29(43-28)40-11-3-2-10-36)19-4-9-26-27(13-19)42-17-41-26/h4-9,12-14,16,20,29,36H,2-3,10-11,15,17H2,1H3,(H,34,37)/t20-,29+/m0/s1. The number of unbranched alkanes of at least 4 members (excludes halogenated alkanes) is 1. The zero-order valence-electron chi connectivity index (χ0n) is 23.3. The number of carbonyl (C=O) groups excluding carboxylic acids is 3. The average molecular weight is 605 g/mol. The van der Waals surface area contributed by atoms with Crippen LogP contribution in [0, 0.1) is 6.92 Å². The van der Waals surface area contributed by atoms with Crippen molar-refractivity contribution in [3.63, 3.8) is 0 Å². The van der Waals surface area contributed by atoms with Crippen molar-refractivity contribution in [1.29, 1.82) is 0 Å². The van der Waals surface area contributed by atoms with Crippen molar-refractivity contribution in [2.45, 2.75) is 38.4 Å². The average Bonchev–Trinajstić information content (AvgIpc) is 3.57. The van der Waals surface area contributed by atoms with E-state index in [1.165, 1.54) is 6.07 Å². The van der Waals surface area contributed by atoms with E-state index in [0.717, 1.165) is 10.5 Å². The molecule has 0 radical (unpaired) electrons. The van der Waals surface area contributed by atoms with E-state index in [4.69, 9.17) is 35.7 Å². The SMILES string of the molecule is Cc1cc(NC(=O)C2=C[C@H](c3ccc4c(c3)OCO4)C[C@H](OCCCCO)O2)ccc1N1C(=O)c2ccc(Cl)cc2C1=O. The minimum atomic E-state index is -0.675. The van der Waals surface area contributed by atoms with Crippen LogP contribution in [-0.4, -0.2) is 49.1 Å². The fourth-order valence-corrected chi connectivity index (χ4v) is 5.50. The summed E-state index contributed by atoms with van der Waals surface area (Å²) in [5, 5.41) is 12.3. The van der Waals surface area contributed by atoms with E-state index in [1.54, 1.807) is 43.3 Å². The normalized spacial score (nSPS) is 18.8. The summed E-state index contributed by atoms with van der Waals surface area (Å²) in [6, 6.07) is 15.2. The topological polar surface area (TPSA) is 124 Å². The molecule has 0 spiro atoms. The Morgan fingerprint density at radius 2 is 1.84 bits per heavy atom. The summed E-state index contributed by atoms with van der Waals surface area (Å²) in [7, 11) is 0. The Balaban J connectivity index is 1.20. The van der Waals surface area contributed by atoms with Crippen molar-refractivity contribution in [3.05, 3.63) is 93.7 Å². The molecule has 0 saturated heterocycles. The second kappa shape index (κ2) is 12.1. The Morgan fingerprint density at radius 1 is 1.02 bits per heavy atom. The summed E-state index contributed by atoms with van der Waals surface area (Å²) >= 11 is 6.04. The number of aliphatic hydroxyl groups excluding tert-OH is 1.